The molecule has 1 atom stereocenters. The Kier molecular flexibility index (Phi) is 9.46. The molecular formula is C25H35N3O4S. The van der Waals surface area contributed by atoms with E-state index in [1.807, 2.05) is 49.4 Å². The van der Waals surface area contributed by atoms with Crippen molar-refractivity contribution in [1.82, 2.24) is 10.2 Å². The Morgan fingerprint density at radius 3 is 2.09 bits per heavy atom. The van der Waals surface area contributed by atoms with Gasteiger partial charge < -0.3 is 10.2 Å². The van der Waals surface area contributed by atoms with Gasteiger partial charge in [0, 0.05) is 13.6 Å². The van der Waals surface area contributed by atoms with E-state index in [2.05, 4.69) is 19.2 Å². The number of rotatable bonds is 11. The summed E-state index contributed by atoms with van der Waals surface area (Å²) in [7, 11) is -2.19. The van der Waals surface area contributed by atoms with E-state index in [0.29, 0.717) is 31.0 Å². The Hall–Kier alpha value is -2.87. The molecule has 0 aliphatic rings. The second-order valence-corrected chi connectivity index (χ2v) is 10.3. The van der Waals surface area contributed by atoms with E-state index in [9.17, 15) is 18.0 Å². The minimum atomic E-state index is -3.72. The molecule has 0 aliphatic carbocycles. The van der Waals surface area contributed by atoms with Gasteiger partial charge in [0.25, 0.3) is 0 Å². The van der Waals surface area contributed by atoms with Crippen LogP contribution in [0.5, 0.6) is 0 Å². The highest BCUT2D eigenvalue weighted by molar-refractivity contribution is 7.92. The summed E-state index contributed by atoms with van der Waals surface area (Å²) in [5, 5.41) is 2.62. The first kappa shape index (κ1) is 26.4. The van der Waals surface area contributed by atoms with Crippen LogP contribution in [0.4, 0.5) is 5.69 Å². The number of benzene rings is 2. The number of anilines is 1. The van der Waals surface area contributed by atoms with Crippen molar-refractivity contribution in [3.8, 4) is 0 Å². The highest BCUT2D eigenvalue weighted by Crippen LogP contribution is 2.22. The lowest BCUT2D eigenvalue weighted by molar-refractivity contribution is -0.139. The molecule has 0 unspecified atom stereocenters. The van der Waals surface area contributed by atoms with Crippen LogP contribution in [-0.2, 0) is 26.0 Å². The molecule has 0 aromatic heterocycles. The number of sulfonamides is 1. The molecule has 0 saturated carbocycles. The van der Waals surface area contributed by atoms with Crippen molar-refractivity contribution in [2.24, 2.45) is 0 Å². The van der Waals surface area contributed by atoms with Crippen molar-refractivity contribution >= 4 is 27.5 Å². The lowest BCUT2D eigenvalue weighted by Crippen LogP contribution is -2.52. The van der Waals surface area contributed by atoms with E-state index in [0.717, 1.165) is 21.7 Å². The summed E-state index contributed by atoms with van der Waals surface area (Å²) in [4.78, 5) is 27.4. The number of nitrogens with zero attached hydrogens (tertiary/aromatic N) is 2. The molecule has 8 heteroatoms. The quantitative estimate of drug-likeness (QED) is 0.543. The lowest BCUT2D eigenvalue weighted by Gasteiger charge is -2.32. The fraction of sp³-hybridized carbons (Fsp3) is 0.440. The number of hydrogen-bond donors (Lipinski definition) is 1. The predicted molar refractivity (Wildman–Crippen MR) is 133 cm³/mol. The van der Waals surface area contributed by atoms with Crippen molar-refractivity contribution in [3.63, 3.8) is 0 Å². The Bertz CT molecular complexity index is 1020. The zero-order valence-electron chi connectivity index (χ0n) is 20.1. The molecule has 2 aromatic carbocycles. The normalized spacial score (nSPS) is 12.3. The Morgan fingerprint density at radius 2 is 1.61 bits per heavy atom. The number of carbonyl (C=O) groups excluding carboxylic acids is 2. The summed E-state index contributed by atoms with van der Waals surface area (Å²) < 4.78 is 26.3. The number of nitrogens with one attached hydrogen (secondary N) is 1. The van der Waals surface area contributed by atoms with Crippen molar-refractivity contribution in [2.45, 2.75) is 45.6 Å². The molecule has 1 N–H and O–H groups in total. The van der Waals surface area contributed by atoms with Crippen LogP contribution in [0.1, 0.15) is 44.2 Å². The Balaban J connectivity index is 2.33. The SMILES string of the molecule is CC[C@@H](C(=O)NC)N(CCc1ccccc1)C(=O)CN(c1ccc(C(C)C)cc1)S(C)(=O)=O. The number of likely N-dealkylation sites (N-methyl/N-ethyl adjacent to an activating group) is 1. The molecule has 0 bridgehead atoms. The van der Waals surface area contributed by atoms with Crippen molar-refractivity contribution in [1.29, 1.82) is 0 Å². The van der Waals surface area contributed by atoms with E-state index >= 15 is 0 Å². The third-order valence-electron chi connectivity index (χ3n) is 5.64. The van der Waals surface area contributed by atoms with Crippen LogP contribution in [0.3, 0.4) is 0 Å². The molecule has 0 spiro atoms. The fourth-order valence-corrected chi connectivity index (χ4v) is 4.55. The zero-order chi connectivity index (χ0) is 24.6. The monoisotopic (exact) mass is 473 g/mol. The molecule has 0 saturated heterocycles. The van der Waals surface area contributed by atoms with Gasteiger partial charge in [-0.15, -0.1) is 0 Å². The summed E-state index contributed by atoms with van der Waals surface area (Å²) in [6.07, 6.45) is 2.06. The first-order valence-corrected chi connectivity index (χ1v) is 13.1. The van der Waals surface area contributed by atoms with E-state index in [4.69, 9.17) is 0 Å². The second-order valence-electron chi connectivity index (χ2n) is 8.38. The van der Waals surface area contributed by atoms with Gasteiger partial charge in [-0.05, 0) is 42.0 Å². The molecule has 180 valence electrons. The Morgan fingerprint density at radius 1 is 1.00 bits per heavy atom. The molecule has 0 heterocycles. The first-order chi connectivity index (χ1) is 15.6. The second kappa shape index (κ2) is 11.8. The predicted octanol–water partition coefficient (Wildman–Crippen LogP) is 3.17. The zero-order valence-corrected chi connectivity index (χ0v) is 20.9. The van der Waals surface area contributed by atoms with Gasteiger partial charge in [0.05, 0.1) is 11.9 Å². The van der Waals surface area contributed by atoms with Crippen LogP contribution in [0.25, 0.3) is 0 Å². The van der Waals surface area contributed by atoms with Crippen LogP contribution in [0.15, 0.2) is 54.6 Å². The summed E-state index contributed by atoms with van der Waals surface area (Å²) in [5.74, 6) is -0.385. The highest BCUT2D eigenvalue weighted by atomic mass is 32.2. The molecule has 33 heavy (non-hydrogen) atoms. The summed E-state index contributed by atoms with van der Waals surface area (Å²) in [6.45, 7) is 5.88. The van der Waals surface area contributed by atoms with Gasteiger partial charge in [-0.3, -0.25) is 13.9 Å². The smallest absolute Gasteiger partial charge is 0.244 e. The van der Waals surface area contributed by atoms with Gasteiger partial charge in [0.1, 0.15) is 12.6 Å². The maximum atomic E-state index is 13.4. The van der Waals surface area contributed by atoms with Gasteiger partial charge >= 0.3 is 0 Å². The molecule has 0 aliphatic heterocycles. The van der Waals surface area contributed by atoms with Crippen LogP contribution in [0.2, 0.25) is 0 Å². The van der Waals surface area contributed by atoms with Crippen LogP contribution >= 0.6 is 0 Å². The van der Waals surface area contributed by atoms with Gasteiger partial charge in [0.2, 0.25) is 21.8 Å². The molecule has 2 amide bonds. The number of hydrogen-bond acceptors (Lipinski definition) is 4. The van der Waals surface area contributed by atoms with Crippen LogP contribution < -0.4 is 9.62 Å². The summed E-state index contributed by atoms with van der Waals surface area (Å²) in [5.41, 5.74) is 2.53. The third kappa shape index (κ3) is 7.32. The van der Waals surface area contributed by atoms with Crippen molar-refractivity contribution < 1.29 is 18.0 Å². The van der Waals surface area contributed by atoms with Gasteiger partial charge in [-0.1, -0.05) is 63.2 Å². The standard InChI is InChI=1S/C25H35N3O4S/c1-6-23(25(30)26-4)27(17-16-20-10-8-7-9-11-20)24(29)18-28(33(5,31)32)22-14-12-21(13-15-22)19(2)3/h7-15,19,23H,6,16-18H2,1-5H3,(H,26,30)/t23-/m0/s1. The topological polar surface area (TPSA) is 86.8 Å². The number of carbonyl (C=O) groups is 2. The molecule has 2 aromatic rings. The van der Waals surface area contributed by atoms with E-state index < -0.39 is 22.0 Å². The third-order valence-corrected chi connectivity index (χ3v) is 6.78. The molecular weight excluding hydrogens is 438 g/mol. The fourth-order valence-electron chi connectivity index (χ4n) is 3.70. The van der Waals surface area contributed by atoms with E-state index in [-0.39, 0.29) is 12.5 Å². The number of amides is 2. The average Bonchev–Trinajstić information content (AvgIpc) is 2.79. The minimum Gasteiger partial charge on any atom is -0.357 e. The van der Waals surface area contributed by atoms with Gasteiger partial charge in [0.15, 0.2) is 0 Å². The van der Waals surface area contributed by atoms with Crippen molar-refractivity contribution in [2.75, 3.05) is 30.7 Å². The van der Waals surface area contributed by atoms with E-state index in [1.165, 1.54) is 11.9 Å². The minimum absolute atomic E-state index is 0.272. The maximum absolute atomic E-state index is 13.4. The van der Waals surface area contributed by atoms with E-state index in [1.54, 1.807) is 12.1 Å². The highest BCUT2D eigenvalue weighted by Gasteiger charge is 2.31. The maximum Gasteiger partial charge on any atom is 0.244 e. The van der Waals surface area contributed by atoms with Crippen LogP contribution in [0, 0.1) is 0 Å². The summed E-state index contributed by atoms with van der Waals surface area (Å²) >= 11 is 0. The largest absolute Gasteiger partial charge is 0.357 e. The molecule has 0 fully saturated rings. The molecule has 7 nitrogen and oxygen atoms in total. The Labute approximate surface area is 197 Å². The molecule has 2 rings (SSSR count). The van der Waals surface area contributed by atoms with Gasteiger partial charge in [-0.2, -0.15) is 0 Å². The average molecular weight is 474 g/mol. The van der Waals surface area contributed by atoms with Crippen molar-refractivity contribution in [3.05, 3.63) is 65.7 Å². The first-order valence-electron chi connectivity index (χ1n) is 11.2. The van der Waals surface area contributed by atoms with Gasteiger partial charge in [-0.25, -0.2) is 8.42 Å². The molecule has 0 radical (unpaired) electrons. The van der Waals surface area contributed by atoms with Crippen LogP contribution in [-0.4, -0.2) is 57.6 Å². The lowest BCUT2D eigenvalue weighted by atomic mass is 10.0. The summed E-state index contributed by atoms with van der Waals surface area (Å²) in [6, 6.07) is 16.2.